The summed E-state index contributed by atoms with van der Waals surface area (Å²) in [6, 6.07) is 12.5. The number of thioether (sulfide) groups is 1. The van der Waals surface area contributed by atoms with Gasteiger partial charge in [-0.25, -0.2) is 4.98 Å². The van der Waals surface area contributed by atoms with E-state index in [0.717, 1.165) is 27.5 Å². The van der Waals surface area contributed by atoms with E-state index >= 15 is 0 Å². The molecule has 1 atom stereocenters. The highest BCUT2D eigenvalue weighted by molar-refractivity contribution is 9.10. The van der Waals surface area contributed by atoms with Gasteiger partial charge in [-0.3, -0.25) is 0 Å². The third-order valence-corrected chi connectivity index (χ3v) is 4.55. The molecule has 1 aromatic heterocycles. The van der Waals surface area contributed by atoms with Crippen LogP contribution in [0.3, 0.4) is 0 Å². The molecule has 1 aromatic carbocycles. The third-order valence-electron chi connectivity index (χ3n) is 3.04. The Hall–Kier alpha value is -1.04. The van der Waals surface area contributed by atoms with Crippen LogP contribution in [0.25, 0.3) is 0 Å². The number of nitrogens with zero attached hydrogens (tertiary/aromatic N) is 1. The standard InChI is InChI=1S/C16H19BrN2OS/c1-3-18-15(12-5-4-6-14(9-12)20-2)11-21-16-8-7-13(17)10-19-16/h4-10,15,18H,3,11H2,1-2H3. The number of benzene rings is 1. The first-order chi connectivity index (χ1) is 10.2. The number of pyridine rings is 1. The Morgan fingerprint density at radius 2 is 2.19 bits per heavy atom. The van der Waals surface area contributed by atoms with Crippen molar-refractivity contribution >= 4 is 27.7 Å². The zero-order chi connectivity index (χ0) is 15.1. The average Bonchev–Trinajstić information content (AvgIpc) is 2.53. The van der Waals surface area contributed by atoms with Crippen LogP contribution >= 0.6 is 27.7 Å². The highest BCUT2D eigenvalue weighted by atomic mass is 79.9. The molecule has 0 aliphatic heterocycles. The minimum Gasteiger partial charge on any atom is -0.497 e. The van der Waals surface area contributed by atoms with Crippen molar-refractivity contribution in [1.29, 1.82) is 0 Å². The molecule has 2 aromatic rings. The van der Waals surface area contributed by atoms with Gasteiger partial charge in [-0.2, -0.15) is 0 Å². The predicted molar refractivity (Wildman–Crippen MR) is 92.1 cm³/mol. The van der Waals surface area contributed by atoms with Gasteiger partial charge in [-0.1, -0.05) is 19.1 Å². The van der Waals surface area contributed by atoms with E-state index in [0.29, 0.717) is 0 Å². The van der Waals surface area contributed by atoms with Crippen LogP contribution in [-0.4, -0.2) is 24.4 Å². The number of hydrogen-bond acceptors (Lipinski definition) is 4. The summed E-state index contributed by atoms with van der Waals surface area (Å²) in [5.41, 5.74) is 1.24. The largest absolute Gasteiger partial charge is 0.497 e. The van der Waals surface area contributed by atoms with Crippen LogP contribution in [-0.2, 0) is 0 Å². The van der Waals surface area contributed by atoms with Crippen molar-refractivity contribution in [1.82, 2.24) is 10.3 Å². The van der Waals surface area contributed by atoms with E-state index in [-0.39, 0.29) is 6.04 Å². The fourth-order valence-electron chi connectivity index (χ4n) is 1.99. The van der Waals surface area contributed by atoms with Crippen LogP contribution in [0.4, 0.5) is 0 Å². The number of hydrogen-bond donors (Lipinski definition) is 1. The van der Waals surface area contributed by atoms with Crippen molar-refractivity contribution in [2.45, 2.75) is 18.0 Å². The molecule has 0 saturated heterocycles. The maximum Gasteiger partial charge on any atom is 0.119 e. The summed E-state index contributed by atoms with van der Waals surface area (Å²) >= 11 is 5.16. The van der Waals surface area contributed by atoms with E-state index < -0.39 is 0 Å². The molecule has 5 heteroatoms. The van der Waals surface area contributed by atoms with E-state index in [1.54, 1.807) is 18.9 Å². The Bertz CT molecular complexity index is 562. The summed E-state index contributed by atoms with van der Waals surface area (Å²) in [5.74, 6) is 1.82. The van der Waals surface area contributed by atoms with Gasteiger partial charge < -0.3 is 10.1 Å². The lowest BCUT2D eigenvalue weighted by Crippen LogP contribution is -2.23. The highest BCUT2D eigenvalue weighted by Crippen LogP contribution is 2.26. The van der Waals surface area contributed by atoms with Gasteiger partial charge in [0.15, 0.2) is 0 Å². The fraction of sp³-hybridized carbons (Fsp3) is 0.312. The molecule has 1 heterocycles. The molecule has 112 valence electrons. The van der Waals surface area contributed by atoms with Crippen LogP contribution in [0.5, 0.6) is 5.75 Å². The molecular weight excluding hydrogens is 348 g/mol. The molecule has 0 radical (unpaired) electrons. The lowest BCUT2D eigenvalue weighted by atomic mass is 10.1. The Labute approximate surface area is 138 Å². The van der Waals surface area contributed by atoms with Crippen molar-refractivity contribution in [3.8, 4) is 5.75 Å². The van der Waals surface area contributed by atoms with Crippen molar-refractivity contribution in [3.63, 3.8) is 0 Å². The zero-order valence-electron chi connectivity index (χ0n) is 12.2. The van der Waals surface area contributed by atoms with Crippen LogP contribution < -0.4 is 10.1 Å². The second-order valence-corrected chi connectivity index (χ2v) is 6.47. The molecule has 0 aliphatic rings. The maximum absolute atomic E-state index is 5.31. The summed E-state index contributed by atoms with van der Waals surface area (Å²) in [6.45, 7) is 3.05. The lowest BCUT2D eigenvalue weighted by molar-refractivity contribution is 0.413. The molecule has 0 saturated carbocycles. The van der Waals surface area contributed by atoms with Gasteiger partial charge in [-0.15, -0.1) is 11.8 Å². The van der Waals surface area contributed by atoms with Gasteiger partial charge >= 0.3 is 0 Å². The van der Waals surface area contributed by atoms with Gasteiger partial charge in [0.1, 0.15) is 5.75 Å². The number of halogens is 1. The summed E-state index contributed by atoms with van der Waals surface area (Å²) in [5, 5.41) is 4.55. The summed E-state index contributed by atoms with van der Waals surface area (Å²) < 4.78 is 6.31. The van der Waals surface area contributed by atoms with Gasteiger partial charge in [-0.05, 0) is 52.3 Å². The van der Waals surface area contributed by atoms with Crippen molar-refractivity contribution < 1.29 is 4.74 Å². The maximum atomic E-state index is 5.31. The topological polar surface area (TPSA) is 34.2 Å². The molecule has 0 spiro atoms. The van der Waals surface area contributed by atoms with Crippen molar-refractivity contribution in [3.05, 3.63) is 52.6 Å². The molecule has 21 heavy (non-hydrogen) atoms. The van der Waals surface area contributed by atoms with Crippen LogP contribution in [0.15, 0.2) is 52.1 Å². The van der Waals surface area contributed by atoms with Crippen LogP contribution in [0, 0.1) is 0 Å². The molecule has 1 unspecified atom stereocenters. The van der Waals surface area contributed by atoms with E-state index in [1.165, 1.54) is 5.56 Å². The Morgan fingerprint density at radius 1 is 1.33 bits per heavy atom. The first-order valence-electron chi connectivity index (χ1n) is 6.84. The quantitative estimate of drug-likeness (QED) is 0.740. The van der Waals surface area contributed by atoms with Gasteiger partial charge in [0.05, 0.1) is 12.1 Å². The Kier molecular flexibility index (Phi) is 6.54. The lowest BCUT2D eigenvalue weighted by Gasteiger charge is -2.18. The Morgan fingerprint density at radius 3 is 2.86 bits per heavy atom. The summed E-state index contributed by atoms with van der Waals surface area (Å²) in [6.07, 6.45) is 1.83. The molecule has 3 nitrogen and oxygen atoms in total. The van der Waals surface area contributed by atoms with Crippen LogP contribution in [0.2, 0.25) is 0 Å². The highest BCUT2D eigenvalue weighted by Gasteiger charge is 2.12. The molecule has 0 bridgehead atoms. The van der Waals surface area contributed by atoms with E-state index in [2.05, 4.69) is 45.3 Å². The van der Waals surface area contributed by atoms with E-state index in [4.69, 9.17) is 4.74 Å². The normalized spacial score (nSPS) is 12.1. The monoisotopic (exact) mass is 366 g/mol. The molecule has 0 amide bonds. The third kappa shape index (κ3) is 5.02. The predicted octanol–water partition coefficient (Wildman–Crippen LogP) is 4.30. The minimum absolute atomic E-state index is 0.278. The molecular formula is C16H19BrN2OS. The van der Waals surface area contributed by atoms with Crippen molar-refractivity contribution in [2.75, 3.05) is 19.4 Å². The smallest absolute Gasteiger partial charge is 0.119 e. The van der Waals surface area contributed by atoms with Crippen LogP contribution in [0.1, 0.15) is 18.5 Å². The molecule has 0 aliphatic carbocycles. The average molecular weight is 367 g/mol. The van der Waals surface area contributed by atoms with E-state index in [1.807, 2.05) is 30.5 Å². The fourth-order valence-corrected chi connectivity index (χ4v) is 3.17. The number of ether oxygens (including phenoxy) is 1. The number of nitrogens with one attached hydrogen (secondary N) is 1. The van der Waals surface area contributed by atoms with Gasteiger partial charge in [0.25, 0.3) is 0 Å². The number of aromatic nitrogens is 1. The molecule has 0 fully saturated rings. The first-order valence-corrected chi connectivity index (χ1v) is 8.62. The summed E-state index contributed by atoms with van der Waals surface area (Å²) in [7, 11) is 1.70. The van der Waals surface area contributed by atoms with Crippen molar-refractivity contribution in [2.24, 2.45) is 0 Å². The Balaban J connectivity index is 2.05. The molecule has 2 rings (SSSR count). The first kappa shape index (κ1) is 16.3. The van der Waals surface area contributed by atoms with E-state index in [9.17, 15) is 0 Å². The summed E-state index contributed by atoms with van der Waals surface area (Å²) in [4.78, 5) is 4.40. The molecule has 1 N–H and O–H groups in total. The zero-order valence-corrected chi connectivity index (χ0v) is 14.6. The second-order valence-electron chi connectivity index (χ2n) is 4.51. The number of rotatable bonds is 7. The SMILES string of the molecule is CCNC(CSc1ccc(Br)cn1)c1cccc(OC)c1. The number of methoxy groups -OCH3 is 1. The minimum atomic E-state index is 0.278. The van der Waals surface area contributed by atoms with Gasteiger partial charge in [0, 0.05) is 22.5 Å². The van der Waals surface area contributed by atoms with Gasteiger partial charge in [0.2, 0.25) is 0 Å². The second kappa shape index (κ2) is 8.41.